The largest absolute Gasteiger partial charge is 0.396 e. The Balaban J connectivity index is 2.64. The molecule has 1 nitrogen and oxygen atoms in total. The molecule has 0 saturated carbocycles. The molecule has 1 atom stereocenters. The summed E-state index contributed by atoms with van der Waals surface area (Å²) in [6.45, 7) is 7.16. The average Bonchev–Trinajstić information content (AvgIpc) is 2.35. The first-order chi connectivity index (χ1) is 9.24. The Kier molecular flexibility index (Phi) is 3.47. The van der Waals surface area contributed by atoms with Crippen LogP contribution in [0, 0.1) is 31.1 Å². The van der Waals surface area contributed by atoms with Crippen molar-refractivity contribution in [2.75, 3.05) is 0 Å². The van der Waals surface area contributed by atoms with E-state index in [9.17, 15) is 13.2 Å². The fraction of sp³-hybridized carbons (Fsp3) is 0.312. The molecule has 0 bridgehead atoms. The molecule has 0 heterocycles. The molecule has 1 aromatic carbocycles. The molecular weight excluding hydrogens is 263 g/mol. The minimum absolute atomic E-state index is 0.0162. The van der Waals surface area contributed by atoms with Gasteiger partial charge in [0.25, 0.3) is 0 Å². The van der Waals surface area contributed by atoms with Gasteiger partial charge in [0.05, 0.1) is 12.0 Å². The molecular formula is C16H14F3N. The summed E-state index contributed by atoms with van der Waals surface area (Å²) in [5, 5.41) is 8.87. The SMILES string of the molecule is C=C(C#N)C1=Cc2cc(C)cc(C)c2CC1C(F)(F)F. The summed E-state index contributed by atoms with van der Waals surface area (Å²) in [5.74, 6) is -1.65. The van der Waals surface area contributed by atoms with E-state index in [1.165, 1.54) is 6.08 Å². The van der Waals surface area contributed by atoms with Crippen LogP contribution in [0.15, 0.2) is 29.9 Å². The van der Waals surface area contributed by atoms with Gasteiger partial charge in [-0.05, 0) is 48.6 Å². The second-order valence-electron chi connectivity index (χ2n) is 5.14. The summed E-state index contributed by atoms with van der Waals surface area (Å²) in [5.41, 5.74) is 3.17. The van der Waals surface area contributed by atoms with Crippen molar-refractivity contribution in [1.29, 1.82) is 5.26 Å². The predicted octanol–water partition coefficient (Wildman–Crippen LogP) is 4.50. The van der Waals surface area contributed by atoms with Gasteiger partial charge < -0.3 is 0 Å². The van der Waals surface area contributed by atoms with Gasteiger partial charge in [0.1, 0.15) is 0 Å². The molecule has 0 spiro atoms. The molecule has 0 fully saturated rings. The summed E-state index contributed by atoms with van der Waals surface area (Å²) >= 11 is 0. The molecule has 1 aromatic rings. The maximum Gasteiger partial charge on any atom is 0.396 e. The third kappa shape index (κ3) is 2.49. The van der Waals surface area contributed by atoms with Crippen molar-refractivity contribution in [1.82, 2.24) is 0 Å². The average molecular weight is 277 g/mol. The first-order valence-electron chi connectivity index (χ1n) is 6.22. The van der Waals surface area contributed by atoms with E-state index < -0.39 is 12.1 Å². The molecule has 104 valence electrons. The molecule has 4 heteroatoms. The second-order valence-corrected chi connectivity index (χ2v) is 5.14. The number of aryl methyl sites for hydroxylation is 2. The van der Waals surface area contributed by atoms with Gasteiger partial charge in [-0.15, -0.1) is 0 Å². The Morgan fingerprint density at radius 3 is 2.55 bits per heavy atom. The highest BCUT2D eigenvalue weighted by Gasteiger charge is 2.44. The normalized spacial score (nSPS) is 18.0. The molecule has 0 amide bonds. The van der Waals surface area contributed by atoms with Crippen LogP contribution in [0.4, 0.5) is 13.2 Å². The Labute approximate surface area is 116 Å². The lowest BCUT2D eigenvalue weighted by Gasteiger charge is -2.29. The van der Waals surface area contributed by atoms with Crippen molar-refractivity contribution in [2.45, 2.75) is 26.4 Å². The van der Waals surface area contributed by atoms with E-state index in [2.05, 4.69) is 6.58 Å². The molecule has 1 unspecified atom stereocenters. The number of hydrogen-bond acceptors (Lipinski definition) is 1. The van der Waals surface area contributed by atoms with E-state index in [1.807, 2.05) is 26.0 Å². The summed E-state index contributed by atoms with van der Waals surface area (Å²) in [6, 6.07) is 5.46. The van der Waals surface area contributed by atoms with Crippen LogP contribution in [0.1, 0.15) is 22.3 Å². The van der Waals surface area contributed by atoms with Gasteiger partial charge in [-0.3, -0.25) is 0 Å². The third-order valence-electron chi connectivity index (χ3n) is 3.63. The zero-order chi connectivity index (χ0) is 15.1. The number of nitriles is 1. The lowest BCUT2D eigenvalue weighted by Crippen LogP contribution is -2.30. The van der Waals surface area contributed by atoms with Gasteiger partial charge in [0.15, 0.2) is 0 Å². The van der Waals surface area contributed by atoms with Crippen LogP contribution >= 0.6 is 0 Å². The van der Waals surface area contributed by atoms with Crippen LogP contribution < -0.4 is 0 Å². The molecule has 1 aliphatic carbocycles. The molecule has 0 aromatic heterocycles. The Morgan fingerprint density at radius 2 is 2.00 bits per heavy atom. The van der Waals surface area contributed by atoms with Crippen LogP contribution in [0.3, 0.4) is 0 Å². The van der Waals surface area contributed by atoms with E-state index in [-0.39, 0.29) is 17.6 Å². The van der Waals surface area contributed by atoms with Crippen molar-refractivity contribution < 1.29 is 13.2 Å². The highest BCUT2D eigenvalue weighted by Crippen LogP contribution is 2.42. The van der Waals surface area contributed by atoms with Crippen molar-refractivity contribution in [2.24, 2.45) is 5.92 Å². The monoisotopic (exact) mass is 277 g/mol. The molecule has 1 aliphatic rings. The number of halogens is 3. The lowest BCUT2D eigenvalue weighted by atomic mass is 9.78. The standard InChI is InChI=1S/C16H14F3N/c1-9-4-10(2)13-7-15(16(17,18)19)14(11(3)8-20)6-12(13)5-9/h4-6,15H,3,7H2,1-2H3. The first kappa shape index (κ1) is 14.4. The van der Waals surface area contributed by atoms with Crippen molar-refractivity contribution >= 4 is 6.08 Å². The van der Waals surface area contributed by atoms with Gasteiger partial charge in [-0.1, -0.05) is 24.3 Å². The Morgan fingerprint density at radius 1 is 1.35 bits per heavy atom. The number of hydrogen-bond donors (Lipinski definition) is 0. The number of nitrogens with zero attached hydrogens (tertiary/aromatic N) is 1. The third-order valence-corrected chi connectivity index (χ3v) is 3.63. The quantitative estimate of drug-likeness (QED) is 0.693. The predicted molar refractivity (Wildman–Crippen MR) is 71.9 cm³/mol. The molecule has 20 heavy (non-hydrogen) atoms. The fourth-order valence-electron chi connectivity index (χ4n) is 2.67. The minimum Gasteiger partial charge on any atom is -0.192 e. The first-order valence-corrected chi connectivity index (χ1v) is 6.22. The van der Waals surface area contributed by atoms with E-state index >= 15 is 0 Å². The van der Waals surface area contributed by atoms with Crippen LogP contribution in [0.2, 0.25) is 0 Å². The van der Waals surface area contributed by atoms with E-state index in [0.29, 0.717) is 5.56 Å². The smallest absolute Gasteiger partial charge is 0.192 e. The zero-order valence-electron chi connectivity index (χ0n) is 11.3. The van der Waals surface area contributed by atoms with E-state index in [4.69, 9.17) is 5.26 Å². The summed E-state index contributed by atoms with van der Waals surface area (Å²) in [7, 11) is 0. The van der Waals surface area contributed by atoms with Gasteiger partial charge in [-0.2, -0.15) is 18.4 Å². The van der Waals surface area contributed by atoms with E-state index in [1.54, 1.807) is 6.07 Å². The number of fused-ring (bicyclic) bond motifs is 1. The number of rotatable bonds is 1. The topological polar surface area (TPSA) is 23.8 Å². The maximum atomic E-state index is 13.2. The maximum absolute atomic E-state index is 13.2. The van der Waals surface area contributed by atoms with Crippen molar-refractivity contribution in [3.63, 3.8) is 0 Å². The highest BCUT2D eigenvalue weighted by atomic mass is 19.4. The Bertz CT molecular complexity index is 645. The zero-order valence-corrected chi connectivity index (χ0v) is 11.3. The summed E-state index contributed by atoms with van der Waals surface area (Å²) < 4.78 is 39.6. The lowest BCUT2D eigenvalue weighted by molar-refractivity contribution is -0.163. The molecule has 0 radical (unpaired) electrons. The molecule has 0 N–H and O–H groups in total. The van der Waals surface area contributed by atoms with Gasteiger partial charge in [0, 0.05) is 5.57 Å². The van der Waals surface area contributed by atoms with Crippen LogP contribution in [0.25, 0.3) is 6.08 Å². The van der Waals surface area contributed by atoms with Gasteiger partial charge in [0.2, 0.25) is 0 Å². The van der Waals surface area contributed by atoms with E-state index in [0.717, 1.165) is 16.7 Å². The van der Waals surface area contributed by atoms with Crippen LogP contribution in [-0.2, 0) is 6.42 Å². The number of benzene rings is 1. The van der Waals surface area contributed by atoms with Crippen molar-refractivity contribution in [3.05, 3.63) is 52.1 Å². The van der Waals surface area contributed by atoms with Crippen molar-refractivity contribution in [3.8, 4) is 6.07 Å². The molecule has 2 rings (SSSR count). The summed E-state index contributed by atoms with van der Waals surface area (Å²) in [6.07, 6.45) is -3.04. The van der Waals surface area contributed by atoms with Gasteiger partial charge >= 0.3 is 6.18 Å². The van der Waals surface area contributed by atoms with Crippen LogP contribution in [0.5, 0.6) is 0 Å². The fourth-order valence-corrected chi connectivity index (χ4v) is 2.67. The molecule has 0 saturated heterocycles. The minimum atomic E-state index is -4.37. The number of allylic oxidation sites excluding steroid dienone is 2. The highest BCUT2D eigenvalue weighted by molar-refractivity contribution is 5.68. The second kappa shape index (κ2) is 4.82. The van der Waals surface area contributed by atoms with Crippen LogP contribution in [-0.4, -0.2) is 6.18 Å². The summed E-state index contributed by atoms with van der Waals surface area (Å²) in [4.78, 5) is 0. The Hall–Kier alpha value is -2.02. The van der Waals surface area contributed by atoms with Gasteiger partial charge in [-0.25, -0.2) is 0 Å². The molecule has 0 aliphatic heterocycles. The number of alkyl halides is 3.